The first-order chi connectivity index (χ1) is 8.62. The number of aliphatic hydroxyl groups excluding tert-OH is 2. The number of aromatic nitrogens is 3. The summed E-state index contributed by atoms with van der Waals surface area (Å²) >= 11 is 5.85. The van der Waals surface area contributed by atoms with Crippen LogP contribution in [0.2, 0.25) is 5.02 Å². The quantitative estimate of drug-likeness (QED) is 0.753. The molecule has 2 aromatic rings. The van der Waals surface area contributed by atoms with Crippen molar-refractivity contribution >= 4 is 23.2 Å². The third-order valence-electron chi connectivity index (χ3n) is 2.95. The first kappa shape index (κ1) is 13.1. The number of hydrogen-bond acceptors (Lipinski definition) is 5. The Labute approximate surface area is 109 Å². The van der Waals surface area contributed by atoms with Crippen molar-refractivity contribution in [2.45, 2.75) is 18.9 Å². The predicted molar refractivity (Wildman–Crippen MR) is 68.8 cm³/mol. The van der Waals surface area contributed by atoms with E-state index in [1.807, 2.05) is 6.92 Å². The fourth-order valence-electron chi connectivity index (χ4n) is 1.59. The Kier molecular flexibility index (Phi) is 3.70. The van der Waals surface area contributed by atoms with E-state index >= 15 is 0 Å². The Morgan fingerprint density at radius 1 is 1.39 bits per heavy atom. The molecule has 98 valence electrons. The summed E-state index contributed by atoms with van der Waals surface area (Å²) in [5.41, 5.74) is -0.169. The maximum atomic E-state index is 9.35. The Bertz CT molecular complexity index is 531. The van der Waals surface area contributed by atoms with Crippen LogP contribution in [0.1, 0.15) is 13.3 Å². The van der Waals surface area contributed by atoms with Crippen molar-refractivity contribution in [2.75, 3.05) is 18.5 Å². The van der Waals surface area contributed by atoms with Crippen LogP contribution in [0, 0.1) is 0 Å². The SMILES string of the molecule is CCC(CO)(CO)Nc1nc2ccc(Cl)cn2n1. The highest BCUT2D eigenvalue weighted by atomic mass is 35.5. The number of nitrogens with zero attached hydrogens (tertiary/aromatic N) is 3. The third-order valence-corrected chi connectivity index (χ3v) is 3.18. The lowest BCUT2D eigenvalue weighted by atomic mass is 9.99. The van der Waals surface area contributed by atoms with Crippen LogP contribution in [-0.4, -0.2) is 43.6 Å². The van der Waals surface area contributed by atoms with Gasteiger partial charge in [-0.05, 0) is 18.6 Å². The summed E-state index contributed by atoms with van der Waals surface area (Å²) in [4.78, 5) is 4.24. The van der Waals surface area contributed by atoms with Crippen molar-refractivity contribution in [3.63, 3.8) is 0 Å². The summed E-state index contributed by atoms with van der Waals surface area (Å²) in [6.07, 6.45) is 2.19. The molecule has 0 atom stereocenters. The van der Waals surface area contributed by atoms with Crippen molar-refractivity contribution in [1.82, 2.24) is 14.6 Å². The van der Waals surface area contributed by atoms with Gasteiger partial charge in [0.2, 0.25) is 5.95 Å². The largest absolute Gasteiger partial charge is 0.394 e. The van der Waals surface area contributed by atoms with Gasteiger partial charge >= 0.3 is 0 Å². The van der Waals surface area contributed by atoms with Crippen LogP contribution < -0.4 is 5.32 Å². The summed E-state index contributed by atoms with van der Waals surface area (Å²) in [5, 5.41) is 26.4. The van der Waals surface area contributed by atoms with Gasteiger partial charge in [-0.25, -0.2) is 4.52 Å². The highest BCUT2D eigenvalue weighted by Gasteiger charge is 2.27. The molecule has 0 aliphatic heterocycles. The maximum Gasteiger partial charge on any atom is 0.243 e. The van der Waals surface area contributed by atoms with Crippen molar-refractivity contribution in [3.05, 3.63) is 23.4 Å². The van der Waals surface area contributed by atoms with Crippen LogP contribution in [0.25, 0.3) is 5.65 Å². The zero-order valence-electron chi connectivity index (χ0n) is 9.97. The molecular weight excluding hydrogens is 256 g/mol. The van der Waals surface area contributed by atoms with Crippen LogP contribution in [0.4, 0.5) is 5.95 Å². The molecular formula is C11H15ClN4O2. The molecule has 0 aliphatic carbocycles. The molecule has 0 amide bonds. The molecule has 0 spiro atoms. The smallest absolute Gasteiger partial charge is 0.243 e. The van der Waals surface area contributed by atoms with E-state index < -0.39 is 5.54 Å². The van der Waals surface area contributed by atoms with Gasteiger partial charge in [0.15, 0.2) is 5.65 Å². The van der Waals surface area contributed by atoms with Gasteiger partial charge in [0.05, 0.1) is 23.8 Å². The first-order valence-corrected chi connectivity index (χ1v) is 6.02. The highest BCUT2D eigenvalue weighted by Crippen LogP contribution is 2.17. The minimum atomic E-state index is -0.811. The van der Waals surface area contributed by atoms with Crippen molar-refractivity contribution in [2.24, 2.45) is 0 Å². The van der Waals surface area contributed by atoms with Crippen LogP contribution in [0.5, 0.6) is 0 Å². The van der Waals surface area contributed by atoms with Crippen LogP contribution in [0.15, 0.2) is 18.3 Å². The molecule has 0 fully saturated rings. The zero-order valence-corrected chi connectivity index (χ0v) is 10.7. The average molecular weight is 271 g/mol. The summed E-state index contributed by atoms with van der Waals surface area (Å²) in [5.74, 6) is 0.349. The fraction of sp³-hybridized carbons (Fsp3) is 0.455. The number of pyridine rings is 1. The van der Waals surface area contributed by atoms with Crippen molar-refractivity contribution < 1.29 is 10.2 Å². The lowest BCUT2D eigenvalue weighted by Gasteiger charge is -2.28. The third kappa shape index (κ3) is 2.40. The Hall–Kier alpha value is -1.37. The highest BCUT2D eigenvalue weighted by molar-refractivity contribution is 6.30. The van der Waals surface area contributed by atoms with Gasteiger partial charge < -0.3 is 15.5 Å². The lowest BCUT2D eigenvalue weighted by Crippen LogP contribution is -2.45. The normalized spacial score (nSPS) is 12.0. The average Bonchev–Trinajstić information content (AvgIpc) is 2.77. The molecule has 6 nitrogen and oxygen atoms in total. The van der Waals surface area contributed by atoms with E-state index in [-0.39, 0.29) is 13.2 Å². The van der Waals surface area contributed by atoms with Gasteiger partial charge in [0.25, 0.3) is 0 Å². The van der Waals surface area contributed by atoms with Gasteiger partial charge in [-0.3, -0.25) is 0 Å². The van der Waals surface area contributed by atoms with Crippen LogP contribution in [0.3, 0.4) is 0 Å². The lowest BCUT2D eigenvalue weighted by molar-refractivity contribution is 0.132. The number of hydrogen-bond donors (Lipinski definition) is 3. The van der Waals surface area contributed by atoms with Crippen molar-refractivity contribution in [3.8, 4) is 0 Å². The molecule has 0 saturated heterocycles. The second kappa shape index (κ2) is 5.09. The summed E-state index contributed by atoms with van der Waals surface area (Å²) in [6, 6.07) is 3.46. The van der Waals surface area contributed by atoms with E-state index in [2.05, 4.69) is 15.4 Å². The number of fused-ring (bicyclic) bond motifs is 1. The number of nitrogens with one attached hydrogen (secondary N) is 1. The van der Waals surface area contributed by atoms with E-state index in [0.717, 1.165) is 0 Å². The molecule has 2 heterocycles. The van der Waals surface area contributed by atoms with Crippen LogP contribution in [-0.2, 0) is 0 Å². The Morgan fingerprint density at radius 2 is 2.11 bits per heavy atom. The molecule has 0 aliphatic rings. The standard InChI is InChI=1S/C11H15ClN4O2/c1-2-11(6-17,7-18)14-10-13-9-4-3-8(12)5-16(9)15-10/h3-5,17-18H,2,6-7H2,1H3,(H,14,15). The van der Waals surface area contributed by atoms with Crippen molar-refractivity contribution in [1.29, 1.82) is 0 Å². The number of halogens is 1. The molecule has 0 saturated carbocycles. The Balaban J connectivity index is 2.31. The first-order valence-electron chi connectivity index (χ1n) is 5.64. The van der Waals surface area contributed by atoms with Gasteiger partial charge in [-0.2, -0.15) is 4.98 Å². The number of rotatable bonds is 5. The maximum absolute atomic E-state index is 9.35. The zero-order chi connectivity index (χ0) is 13.2. The minimum Gasteiger partial charge on any atom is -0.394 e. The second-order valence-corrected chi connectivity index (χ2v) is 4.60. The molecule has 0 unspecified atom stereocenters. The van der Waals surface area contributed by atoms with E-state index in [0.29, 0.717) is 23.0 Å². The Morgan fingerprint density at radius 3 is 2.72 bits per heavy atom. The summed E-state index contributed by atoms with van der Waals surface area (Å²) in [7, 11) is 0. The molecule has 0 bridgehead atoms. The molecule has 2 rings (SSSR count). The van der Waals surface area contributed by atoms with Gasteiger partial charge in [0.1, 0.15) is 0 Å². The molecule has 0 aromatic carbocycles. The summed E-state index contributed by atoms with van der Waals surface area (Å²) in [6.45, 7) is 1.47. The fourth-order valence-corrected chi connectivity index (χ4v) is 1.74. The summed E-state index contributed by atoms with van der Waals surface area (Å²) < 4.78 is 1.54. The monoisotopic (exact) mass is 270 g/mol. The van der Waals surface area contributed by atoms with E-state index in [1.54, 1.807) is 22.8 Å². The van der Waals surface area contributed by atoms with Crippen LogP contribution >= 0.6 is 11.6 Å². The predicted octanol–water partition coefficient (Wildman–Crippen LogP) is 0.928. The van der Waals surface area contributed by atoms with E-state index in [9.17, 15) is 10.2 Å². The molecule has 0 radical (unpaired) electrons. The number of aliphatic hydroxyl groups is 2. The minimum absolute atomic E-state index is 0.198. The van der Waals surface area contributed by atoms with E-state index in [4.69, 9.17) is 11.6 Å². The van der Waals surface area contributed by atoms with Gasteiger partial charge in [-0.1, -0.05) is 18.5 Å². The second-order valence-electron chi connectivity index (χ2n) is 4.16. The van der Waals surface area contributed by atoms with E-state index in [1.165, 1.54) is 0 Å². The molecule has 18 heavy (non-hydrogen) atoms. The topological polar surface area (TPSA) is 82.7 Å². The molecule has 2 aromatic heterocycles. The molecule has 3 N–H and O–H groups in total. The number of anilines is 1. The van der Waals surface area contributed by atoms with Gasteiger partial charge in [0, 0.05) is 6.20 Å². The molecule has 7 heteroatoms. The van der Waals surface area contributed by atoms with Gasteiger partial charge in [-0.15, -0.1) is 5.10 Å².